The maximum Gasteiger partial charge on any atom is 0.0583 e. The molecule has 0 N–H and O–H groups in total. The van der Waals surface area contributed by atoms with Gasteiger partial charge in [0.2, 0.25) is 0 Å². The largest absolute Gasteiger partial charge is 0.344 e. The number of aryl methyl sites for hydroxylation is 1. The van der Waals surface area contributed by atoms with Gasteiger partial charge < -0.3 is 4.57 Å². The van der Waals surface area contributed by atoms with E-state index in [1.165, 1.54) is 35.0 Å². The molecule has 0 radical (unpaired) electrons. The summed E-state index contributed by atoms with van der Waals surface area (Å²) in [6.45, 7) is 1.07. The number of hydrogen-bond donors (Lipinski definition) is 0. The molecule has 3 heteroatoms. The molecule has 19 heavy (non-hydrogen) atoms. The first-order chi connectivity index (χ1) is 9.31. The van der Waals surface area contributed by atoms with Gasteiger partial charge in [-0.1, -0.05) is 18.2 Å². The van der Waals surface area contributed by atoms with Gasteiger partial charge in [0, 0.05) is 36.3 Å². The summed E-state index contributed by atoms with van der Waals surface area (Å²) in [4.78, 5) is 0. The molecule has 4 rings (SSSR count). The number of benzene rings is 1. The van der Waals surface area contributed by atoms with Crippen molar-refractivity contribution in [3.8, 4) is 11.3 Å². The zero-order valence-electron chi connectivity index (χ0n) is 11.1. The molecule has 2 aromatic heterocycles. The van der Waals surface area contributed by atoms with E-state index in [0.717, 1.165) is 12.5 Å². The maximum absolute atomic E-state index is 4.49. The number of para-hydroxylation sites is 1. The third-order valence-corrected chi connectivity index (χ3v) is 4.02. The highest BCUT2D eigenvalue weighted by atomic mass is 15.3. The molecule has 0 bridgehead atoms. The van der Waals surface area contributed by atoms with Crippen LogP contribution < -0.4 is 0 Å². The van der Waals surface area contributed by atoms with Crippen molar-refractivity contribution in [2.24, 2.45) is 13.0 Å². The molecule has 0 saturated heterocycles. The van der Waals surface area contributed by atoms with Gasteiger partial charge in [0.25, 0.3) is 0 Å². The minimum Gasteiger partial charge on any atom is -0.344 e. The normalized spacial score (nSPS) is 15.2. The molecule has 0 aliphatic heterocycles. The Bertz CT molecular complexity index is 731. The summed E-state index contributed by atoms with van der Waals surface area (Å²) < 4.78 is 4.33. The van der Waals surface area contributed by atoms with Gasteiger partial charge in [-0.25, -0.2) is 0 Å². The summed E-state index contributed by atoms with van der Waals surface area (Å²) in [7, 11) is 2.12. The second kappa shape index (κ2) is 3.98. The summed E-state index contributed by atoms with van der Waals surface area (Å²) in [6.07, 6.45) is 6.88. The fourth-order valence-electron chi connectivity index (χ4n) is 2.73. The minimum absolute atomic E-state index is 0.861. The van der Waals surface area contributed by atoms with E-state index >= 15 is 0 Å². The lowest BCUT2D eigenvalue weighted by Gasteiger charge is -2.01. The molecule has 2 heterocycles. The van der Waals surface area contributed by atoms with Crippen LogP contribution in [-0.4, -0.2) is 14.3 Å². The van der Waals surface area contributed by atoms with E-state index in [4.69, 9.17) is 0 Å². The van der Waals surface area contributed by atoms with Crippen LogP contribution in [0.15, 0.2) is 42.7 Å². The molecule has 0 atom stereocenters. The zero-order valence-corrected chi connectivity index (χ0v) is 11.1. The van der Waals surface area contributed by atoms with Crippen molar-refractivity contribution in [3.05, 3.63) is 42.7 Å². The van der Waals surface area contributed by atoms with Crippen LogP contribution in [0.3, 0.4) is 0 Å². The van der Waals surface area contributed by atoms with Crippen LogP contribution in [0.1, 0.15) is 12.8 Å². The Morgan fingerprint density at radius 2 is 2.11 bits per heavy atom. The number of nitrogens with zero attached hydrogens (tertiary/aromatic N) is 3. The Balaban J connectivity index is 1.76. The van der Waals surface area contributed by atoms with E-state index in [9.17, 15) is 0 Å². The standard InChI is InChI=1S/C16H17N3/c1-18-15-5-3-2-4-13(15)8-16(18)14-9-17-19(11-14)10-12-6-7-12/h2-5,8-9,11-12H,6-7,10H2,1H3. The molecule has 3 aromatic rings. The predicted molar refractivity (Wildman–Crippen MR) is 76.9 cm³/mol. The van der Waals surface area contributed by atoms with E-state index in [-0.39, 0.29) is 0 Å². The van der Waals surface area contributed by atoms with E-state index < -0.39 is 0 Å². The molecule has 0 spiro atoms. The summed E-state index contributed by atoms with van der Waals surface area (Å²) >= 11 is 0. The third kappa shape index (κ3) is 1.86. The van der Waals surface area contributed by atoms with Crippen LogP contribution in [0, 0.1) is 5.92 Å². The van der Waals surface area contributed by atoms with Crippen molar-refractivity contribution in [1.82, 2.24) is 14.3 Å². The van der Waals surface area contributed by atoms with Gasteiger partial charge in [0.05, 0.1) is 11.9 Å². The second-order valence-corrected chi connectivity index (χ2v) is 5.54. The molecule has 3 nitrogen and oxygen atoms in total. The molecular weight excluding hydrogens is 234 g/mol. The van der Waals surface area contributed by atoms with Gasteiger partial charge in [-0.2, -0.15) is 5.10 Å². The first kappa shape index (κ1) is 10.9. The molecule has 1 aliphatic rings. The molecule has 1 fully saturated rings. The Hall–Kier alpha value is -2.03. The van der Waals surface area contributed by atoms with Crippen LogP contribution in [-0.2, 0) is 13.6 Å². The Morgan fingerprint density at radius 1 is 1.26 bits per heavy atom. The molecule has 96 valence electrons. The topological polar surface area (TPSA) is 22.8 Å². The van der Waals surface area contributed by atoms with Gasteiger partial charge in [-0.05, 0) is 30.9 Å². The monoisotopic (exact) mass is 251 g/mol. The third-order valence-electron chi connectivity index (χ3n) is 4.02. The molecular formula is C16H17N3. The average Bonchev–Trinajstić information content (AvgIpc) is 3.01. The molecule has 1 aromatic carbocycles. The fourth-order valence-corrected chi connectivity index (χ4v) is 2.73. The highest BCUT2D eigenvalue weighted by Crippen LogP contribution is 2.31. The summed E-state index contributed by atoms with van der Waals surface area (Å²) in [5, 5.41) is 5.77. The molecule has 0 amide bonds. The fraction of sp³-hybridized carbons (Fsp3) is 0.312. The van der Waals surface area contributed by atoms with Crippen molar-refractivity contribution >= 4 is 10.9 Å². The van der Waals surface area contributed by atoms with E-state index in [1.54, 1.807) is 0 Å². The number of fused-ring (bicyclic) bond motifs is 1. The van der Waals surface area contributed by atoms with Gasteiger partial charge in [-0.15, -0.1) is 0 Å². The van der Waals surface area contributed by atoms with Crippen LogP contribution in [0.2, 0.25) is 0 Å². The lowest BCUT2D eigenvalue weighted by atomic mass is 10.2. The van der Waals surface area contributed by atoms with Crippen molar-refractivity contribution < 1.29 is 0 Å². The minimum atomic E-state index is 0.861. The van der Waals surface area contributed by atoms with Crippen molar-refractivity contribution in [1.29, 1.82) is 0 Å². The molecule has 0 unspecified atom stereocenters. The highest BCUT2D eigenvalue weighted by molar-refractivity contribution is 5.86. The van der Waals surface area contributed by atoms with Crippen LogP contribution in [0.5, 0.6) is 0 Å². The van der Waals surface area contributed by atoms with Crippen molar-refractivity contribution in [2.45, 2.75) is 19.4 Å². The summed E-state index contributed by atoms with van der Waals surface area (Å²) in [5.41, 5.74) is 3.72. The van der Waals surface area contributed by atoms with Gasteiger partial charge in [0.15, 0.2) is 0 Å². The lowest BCUT2D eigenvalue weighted by Crippen LogP contribution is -1.99. The van der Waals surface area contributed by atoms with Gasteiger partial charge in [-0.3, -0.25) is 4.68 Å². The zero-order chi connectivity index (χ0) is 12.8. The van der Waals surface area contributed by atoms with Gasteiger partial charge >= 0.3 is 0 Å². The maximum atomic E-state index is 4.49. The molecule has 1 saturated carbocycles. The van der Waals surface area contributed by atoms with Crippen LogP contribution >= 0.6 is 0 Å². The average molecular weight is 251 g/mol. The lowest BCUT2D eigenvalue weighted by molar-refractivity contribution is 0.563. The Kier molecular flexibility index (Phi) is 2.28. The summed E-state index contributed by atoms with van der Waals surface area (Å²) in [5.74, 6) is 0.861. The van der Waals surface area contributed by atoms with Crippen LogP contribution in [0.25, 0.3) is 22.2 Å². The first-order valence-electron chi connectivity index (χ1n) is 6.88. The Morgan fingerprint density at radius 3 is 2.89 bits per heavy atom. The first-order valence-corrected chi connectivity index (χ1v) is 6.88. The second-order valence-electron chi connectivity index (χ2n) is 5.54. The number of rotatable bonds is 3. The van der Waals surface area contributed by atoms with Crippen LogP contribution in [0.4, 0.5) is 0 Å². The summed E-state index contributed by atoms with van der Waals surface area (Å²) in [6, 6.07) is 10.7. The highest BCUT2D eigenvalue weighted by Gasteiger charge is 2.22. The smallest absolute Gasteiger partial charge is 0.0583 e. The van der Waals surface area contributed by atoms with E-state index in [0.29, 0.717) is 0 Å². The SMILES string of the molecule is Cn1c(-c2cnn(CC3CC3)c2)cc2ccccc21. The van der Waals surface area contributed by atoms with E-state index in [2.05, 4.69) is 57.9 Å². The Labute approximate surface area is 112 Å². The van der Waals surface area contributed by atoms with Gasteiger partial charge in [0.1, 0.15) is 0 Å². The number of aromatic nitrogens is 3. The quantitative estimate of drug-likeness (QED) is 0.699. The van der Waals surface area contributed by atoms with Crippen molar-refractivity contribution in [2.75, 3.05) is 0 Å². The number of hydrogen-bond acceptors (Lipinski definition) is 1. The van der Waals surface area contributed by atoms with E-state index in [1.807, 2.05) is 6.20 Å². The van der Waals surface area contributed by atoms with Crippen molar-refractivity contribution in [3.63, 3.8) is 0 Å². The molecule has 1 aliphatic carbocycles. The predicted octanol–water partition coefficient (Wildman–Crippen LogP) is 3.45.